The second kappa shape index (κ2) is 19.1. The minimum atomic E-state index is -4.85. The first-order chi connectivity index (χ1) is 26.6. The van der Waals surface area contributed by atoms with Crippen molar-refractivity contribution in [3.8, 4) is 11.3 Å². The molecule has 0 radical (unpaired) electrons. The molecule has 1 aliphatic carbocycles. The first-order valence-corrected chi connectivity index (χ1v) is 23.2. The normalized spacial score (nSPS) is 17.9. The first-order valence-electron chi connectivity index (χ1n) is 18.6. The van der Waals surface area contributed by atoms with Gasteiger partial charge in [-0.05, 0) is 85.7 Å². The van der Waals surface area contributed by atoms with E-state index >= 15 is 0 Å². The van der Waals surface area contributed by atoms with Gasteiger partial charge in [-0.25, -0.2) is 29.8 Å². The Hall–Kier alpha value is -3.46. The molecular formula is C39H52N2O13S3-2. The highest BCUT2D eigenvalue weighted by atomic mass is 32.2. The number of allylic oxidation sites excluding steroid dienone is 3. The van der Waals surface area contributed by atoms with Crippen LogP contribution in [0.1, 0.15) is 70.8 Å². The molecule has 1 atom stereocenters. The Morgan fingerprint density at radius 1 is 0.895 bits per heavy atom. The lowest BCUT2D eigenvalue weighted by atomic mass is 9.77. The third-order valence-corrected chi connectivity index (χ3v) is 12.2. The van der Waals surface area contributed by atoms with Gasteiger partial charge in [0.25, 0.3) is 0 Å². The number of nitrogens with zero attached hydrogens (tertiary/aromatic N) is 2. The van der Waals surface area contributed by atoms with Crippen LogP contribution in [0.3, 0.4) is 0 Å². The van der Waals surface area contributed by atoms with Gasteiger partial charge in [-0.1, -0.05) is 26.8 Å². The third-order valence-electron chi connectivity index (χ3n) is 9.80. The number of aliphatic hydroxyl groups excluding tert-OH is 1. The van der Waals surface area contributed by atoms with Crippen LogP contribution < -0.4 is 14.8 Å². The summed E-state index contributed by atoms with van der Waals surface area (Å²) in [5, 5.41) is 9.75. The number of anilines is 1. The Bertz CT molecular complexity index is 2310. The van der Waals surface area contributed by atoms with Crippen molar-refractivity contribution in [3.63, 3.8) is 0 Å². The lowest BCUT2D eigenvalue weighted by Gasteiger charge is -2.30. The molecular weight excluding hydrogens is 801 g/mol. The second-order valence-corrected chi connectivity index (χ2v) is 19.5. The van der Waals surface area contributed by atoms with Crippen molar-refractivity contribution in [2.24, 2.45) is 0 Å². The van der Waals surface area contributed by atoms with Gasteiger partial charge in [0.1, 0.15) is 34.7 Å². The smallest absolute Gasteiger partial charge is 0.203 e. The molecule has 1 aromatic rings. The topological polar surface area (TPSA) is 230 Å². The van der Waals surface area contributed by atoms with Crippen molar-refractivity contribution >= 4 is 42.1 Å². The average Bonchev–Trinajstić information content (AvgIpc) is 3.33. The molecule has 0 aromatic heterocycles. The van der Waals surface area contributed by atoms with Gasteiger partial charge in [-0.2, -0.15) is 0 Å². The van der Waals surface area contributed by atoms with Crippen LogP contribution in [0.15, 0.2) is 69.6 Å². The minimum Gasteiger partial charge on any atom is -0.748 e. The molecule has 2 aliphatic heterocycles. The molecule has 3 aliphatic rings. The van der Waals surface area contributed by atoms with Crippen molar-refractivity contribution in [2.75, 3.05) is 69.1 Å². The highest BCUT2D eigenvalue weighted by Gasteiger charge is 2.43. The van der Waals surface area contributed by atoms with Gasteiger partial charge in [0.15, 0.2) is 0 Å². The zero-order valence-corrected chi connectivity index (χ0v) is 35.4. The van der Waals surface area contributed by atoms with Crippen LogP contribution in [0.25, 0.3) is 17.4 Å². The summed E-state index contributed by atoms with van der Waals surface area (Å²) in [6.45, 7) is 11.9. The van der Waals surface area contributed by atoms with Crippen molar-refractivity contribution in [2.45, 2.75) is 69.6 Å². The van der Waals surface area contributed by atoms with Crippen LogP contribution in [-0.2, 0) is 50.7 Å². The molecule has 0 saturated heterocycles. The van der Waals surface area contributed by atoms with Crippen LogP contribution in [0.5, 0.6) is 0 Å². The van der Waals surface area contributed by atoms with E-state index in [0.29, 0.717) is 41.6 Å². The van der Waals surface area contributed by atoms with Gasteiger partial charge in [0, 0.05) is 52.9 Å². The van der Waals surface area contributed by atoms with Crippen molar-refractivity contribution in [1.82, 2.24) is 4.58 Å². The SMILES string of the molecule is CC[N+](CCCS(=O)(=O)[O-])=c1ccc2c(C(C)(C)C)cc(/C=C/C=C3/N(CCOCCOCCO)c4ccc(S(=O)(=O)[O-])cc4C3(C)CCCS(=O)(=O)[O-])oc-2c1. The van der Waals surface area contributed by atoms with E-state index in [2.05, 4.69) is 20.8 Å². The Morgan fingerprint density at radius 3 is 2.18 bits per heavy atom. The highest BCUT2D eigenvalue weighted by Crippen LogP contribution is 2.51. The summed E-state index contributed by atoms with van der Waals surface area (Å²) in [4.78, 5) is 1.46. The molecule has 1 aromatic carbocycles. The van der Waals surface area contributed by atoms with Crippen LogP contribution in [0.4, 0.5) is 5.69 Å². The number of rotatable bonds is 20. The van der Waals surface area contributed by atoms with E-state index in [1.54, 1.807) is 25.2 Å². The van der Waals surface area contributed by atoms with Gasteiger partial charge < -0.3 is 37.6 Å². The fourth-order valence-corrected chi connectivity index (χ4v) is 8.54. The monoisotopic (exact) mass is 852 g/mol. The van der Waals surface area contributed by atoms with Gasteiger partial charge in [0.2, 0.25) is 5.36 Å². The summed E-state index contributed by atoms with van der Waals surface area (Å²) >= 11 is 0. The van der Waals surface area contributed by atoms with Crippen molar-refractivity contribution < 1.29 is 57.9 Å². The summed E-state index contributed by atoms with van der Waals surface area (Å²) in [6.07, 6.45) is 5.58. The standard InChI is InChI=1S/C39H54N2O13S3/c1-6-40(17-9-25-56(46,47)48)29-12-14-32-33(38(2,3)4)27-30(54-36(32)26-29)10-7-11-37-39(5,16-8-24-55(43,44)45)34-28-31(57(49,50)51)13-15-35(34)41(37)18-20-52-22-23-53-21-19-42/h7,10-15,26-28,42H,6,8-9,16-25H2,1-5H3,(H2-,43,44,45,46,47,48,49,50,51)/p-2. The summed E-state index contributed by atoms with van der Waals surface area (Å²) in [5.41, 5.74) is 2.21. The maximum Gasteiger partial charge on any atom is 0.203 e. The maximum absolute atomic E-state index is 12.1. The summed E-state index contributed by atoms with van der Waals surface area (Å²) in [7, 11) is -13.8. The lowest BCUT2D eigenvalue weighted by molar-refractivity contribution is 0.0353. The van der Waals surface area contributed by atoms with E-state index in [9.17, 15) is 38.9 Å². The fourth-order valence-electron chi connectivity index (χ4n) is 7.07. The Balaban J connectivity index is 1.82. The number of benzene rings is 2. The van der Waals surface area contributed by atoms with E-state index < -0.39 is 52.2 Å². The Morgan fingerprint density at radius 2 is 1.56 bits per heavy atom. The molecule has 18 heteroatoms. The maximum atomic E-state index is 12.1. The molecule has 316 valence electrons. The quantitative estimate of drug-likeness (QED) is 0.0977. The average molecular weight is 853 g/mol. The third kappa shape index (κ3) is 12.8. The van der Waals surface area contributed by atoms with E-state index in [4.69, 9.17) is 19.0 Å². The fraction of sp³-hybridized carbons (Fsp3) is 0.513. The number of hydrogen-bond acceptors (Lipinski definition) is 14. The number of fused-ring (bicyclic) bond motifs is 2. The van der Waals surface area contributed by atoms with Crippen LogP contribution in [0.2, 0.25) is 0 Å². The lowest BCUT2D eigenvalue weighted by Crippen LogP contribution is -2.31. The van der Waals surface area contributed by atoms with Crippen molar-refractivity contribution in [1.29, 1.82) is 0 Å². The van der Waals surface area contributed by atoms with Gasteiger partial charge in [-0.3, -0.25) is 0 Å². The van der Waals surface area contributed by atoms with Crippen LogP contribution in [-0.4, -0.2) is 108 Å². The molecule has 0 spiro atoms. The van der Waals surface area contributed by atoms with Gasteiger partial charge in [-0.15, -0.1) is 0 Å². The number of aliphatic hydroxyl groups is 1. The first kappa shape index (κ1) is 46.2. The number of ether oxygens (including phenoxy) is 2. The Kier molecular flexibility index (Phi) is 15.5. The molecule has 0 fully saturated rings. The van der Waals surface area contributed by atoms with Crippen LogP contribution in [0, 0.1) is 0 Å². The predicted octanol–water partition coefficient (Wildman–Crippen LogP) is 3.34. The largest absolute Gasteiger partial charge is 0.748 e. The molecule has 0 amide bonds. The zero-order valence-electron chi connectivity index (χ0n) is 32.9. The Labute approximate surface area is 335 Å². The molecule has 1 N–H and O–H groups in total. The molecule has 15 nitrogen and oxygen atoms in total. The van der Waals surface area contributed by atoms with E-state index in [0.717, 1.165) is 16.5 Å². The predicted molar refractivity (Wildman–Crippen MR) is 213 cm³/mol. The van der Waals surface area contributed by atoms with Gasteiger partial charge in [0.05, 0.1) is 64.2 Å². The molecule has 57 heavy (non-hydrogen) atoms. The molecule has 4 rings (SSSR count). The molecule has 0 saturated carbocycles. The number of hydrogen-bond donors (Lipinski definition) is 1. The molecule has 2 heterocycles. The van der Waals surface area contributed by atoms with E-state index in [-0.39, 0.29) is 64.3 Å². The summed E-state index contributed by atoms with van der Waals surface area (Å²) in [5.74, 6) is -0.0366. The van der Waals surface area contributed by atoms with Gasteiger partial charge >= 0.3 is 0 Å². The molecule has 0 bridgehead atoms. The van der Waals surface area contributed by atoms with E-state index in [1.807, 2.05) is 40.7 Å². The second-order valence-electron chi connectivity index (χ2n) is 15.0. The minimum absolute atomic E-state index is 0.0392. The summed E-state index contributed by atoms with van der Waals surface area (Å²) in [6, 6.07) is 11.8. The zero-order chi connectivity index (χ0) is 42.2. The van der Waals surface area contributed by atoms with Crippen molar-refractivity contribution in [3.05, 3.63) is 82.6 Å². The highest BCUT2D eigenvalue weighted by molar-refractivity contribution is 7.86. The van der Waals surface area contributed by atoms with E-state index in [1.165, 1.54) is 18.2 Å². The van der Waals surface area contributed by atoms with Crippen LogP contribution >= 0.6 is 0 Å². The summed E-state index contributed by atoms with van der Waals surface area (Å²) < 4.78 is 124. The molecule has 1 unspecified atom stereocenters.